The van der Waals surface area contributed by atoms with E-state index in [1.165, 1.54) is 57.8 Å². The fourth-order valence-corrected chi connectivity index (χ4v) is 9.07. The molecular weight excluding hydrogens is 419 g/mol. The van der Waals surface area contributed by atoms with Crippen molar-refractivity contribution in [3.8, 4) is 0 Å². The predicted octanol–water partition coefficient (Wildman–Crippen LogP) is 6.66. The van der Waals surface area contributed by atoms with Crippen molar-refractivity contribution >= 4 is 0 Å². The fraction of sp³-hybridized carbons (Fsp3) is 0.600. The molecule has 0 aromatic heterocycles. The molecule has 0 atom stereocenters. The van der Waals surface area contributed by atoms with Crippen molar-refractivity contribution in [3.05, 3.63) is 41.6 Å². The standard InChI is InChI=1S/C12H19.C8H11.Hf/c1-3-5-8-12-10-6-9-11(12)7-4-2;1-2-5-8-6-3-4-7-8;/h10H,3-8H2,1-2H3;3,6H,2,4-5H2,1H3;. The maximum absolute atomic E-state index is 2.57. The summed E-state index contributed by atoms with van der Waals surface area (Å²) in [7, 11) is 0. The SMILES string of the molecule is CCCCC1=CC[C]([Hf][C]2=C(CCC)C=CC2)=C1CCC. The van der Waals surface area contributed by atoms with Gasteiger partial charge in [0.15, 0.2) is 0 Å². The Bertz CT molecular complexity index is 474. The Balaban J connectivity index is 2.10. The summed E-state index contributed by atoms with van der Waals surface area (Å²) in [6.45, 7) is 6.96. The Morgan fingerprint density at radius 1 is 0.905 bits per heavy atom. The summed E-state index contributed by atoms with van der Waals surface area (Å²) in [5, 5.41) is 0. The van der Waals surface area contributed by atoms with Gasteiger partial charge in [0.1, 0.15) is 0 Å². The van der Waals surface area contributed by atoms with Crippen LogP contribution in [0.2, 0.25) is 0 Å². The quantitative estimate of drug-likeness (QED) is 0.346. The van der Waals surface area contributed by atoms with Gasteiger partial charge in [-0.15, -0.1) is 0 Å². The normalized spacial score (nSPS) is 18.0. The summed E-state index contributed by atoms with van der Waals surface area (Å²) < 4.78 is 3.82. The summed E-state index contributed by atoms with van der Waals surface area (Å²) >= 11 is -0.750. The molecule has 0 saturated carbocycles. The number of unbranched alkanes of at least 4 members (excludes halogenated alkanes) is 1. The summed E-state index contributed by atoms with van der Waals surface area (Å²) in [4.78, 5) is 0. The molecule has 2 aliphatic carbocycles. The second kappa shape index (κ2) is 9.08. The van der Waals surface area contributed by atoms with Crippen molar-refractivity contribution in [1.82, 2.24) is 0 Å². The third kappa shape index (κ3) is 4.65. The van der Waals surface area contributed by atoms with Crippen LogP contribution in [-0.4, -0.2) is 0 Å². The van der Waals surface area contributed by atoms with Gasteiger partial charge in [0.05, 0.1) is 0 Å². The molecule has 0 saturated heterocycles. The zero-order valence-electron chi connectivity index (χ0n) is 14.1. The zero-order chi connectivity index (χ0) is 15.1. The van der Waals surface area contributed by atoms with E-state index in [1.54, 1.807) is 11.1 Å². The van der Waals surface area contributed by atoms with Crippen LogP contribution in [0.3, 0.4) is 0 Å². The van der Waals surface area contributed by atoms with Crippen LogP contribution >= 0.6 is 0 Å². The molecular formula is C20H30Hf. The number of hydrogen-bond acceptors (Lipinski definition) is 0. The molecule has 0 bridgehead atoms. The van der Waals surface area contributed by atoms with Gasteiger partial charge in [-0.3, -0.25) is 0 Å². The summed E-state index contributed by atoms with van der Waals surface area (Å²) in [5.41, 5.74) is 5.25. The topological polar surface area (TPSA) is 0 Å². The molecule has 0 spiro atoms. The van der Waals surface area contributed by atoms with Gasteiger partial charge in [-0.1, -0.05) is 0 Å². The predicted molar refractivity (Wildman–Crippen MR) is 89.9 cm³/mol. The van der Waals surface area contributed by atoms with Crippen LogP contribution in [0.5, 0.6) is 0 Å². The van der Waals surface area contributed by atoms with Gasteiger partial charge in [0.2, 0.25) is 0 Å². The molecule has 0 unspecified atom stereocenters. The van der Waals surface area contributed by atoms with Gasteiger partial charge in [0.25, 0.3) is 0 Å². The Hall–Kier alpha value is -0.170. The van der Waals surface area contributed by atoms with Crippen LogP contribution < -0.4 is 0 Å². The monoisotopic (exact) mass is 450 g/mol. The molecule has 0 N–H and O–H groups in total. The molecule has 2 aliphatic rings. The van der Waals surface area contributed by atoms with Crippen LogP contribution in [0.4, 0.5) is 0 Å². The van der Waals surface area contributed by atoms with Crippen molar-refractivity contribution in [1.29, 1.82) is 0 Å². The summed E-state index contributed by atoms with van der Waals surface area (Å²) in [6.07, 6.45) is 19.3. The van der Waals surface area contributed by atoms with E-state index < -0.39 is 22.9 Å². The van der Waals surface area contributed by atoms with Crippen LogP contribution in [-0.2, 0) is 22.9 Å². The molecule has 114 valence electrons. The Morgan fingerprint density at radius 3 is 2.43 bits per heavy atom. The van der Waals surface area contributed by atoms with Gasteiger partial charge in [-0.2, -0.15) is 0 Å². The van der Waals surface area contributed by atoms with E-state index in [4.69, 9.17) is 0 Å². The number of hydrogen-bond donors (Lipinski definition) is 0. The first-order valence-corrected chi connectivity index (χ1v) is 12.5. The molecule has 0 amide bonds. The second-order valence-electron chi connectivity index (χ2n) is 6.23. The Labute approximate surface area is 142 Å². The zero-order valence-corrected chi connectivity index (χ0v) is 17.7. The van der Waals surface area contributed by atoms with E-state index in [1.807, 2.05) is 12.2 Å². The molecule has 0 aromatic carbocycles. The van der Waals surface area contributed by atoms with E-state index in [2.05, 4.69) is 39.0 Å². The molecule has 0 nitrogen and oxygen atoms in total. The molecule has 21 heavy (non-hydrogen) atoms. The van der Waals surface area contributed by atoms with Gasteiger partial charge in [0, 0.05) is 0 Å². The molecule has 0 heterocycles. The average Bonchev–Trinajstić information content (AvgIpc) is 3.07. The first kappa shape index (κ1) is 17.2. The number of allylic oxidation sites excluding steroid dienone is 8. The van der Waals surface area contributed by atoms with Crippen molar-refractivity contribution < 1.29 is 22.9 Å². The van der Waals surface area contributed by atoms with Gasteiger partial charge >= 0.3 is 143 Å². The third-order valence-electron chi connectivity index (χ3n) is 4.45. The first-order valence-electron chi connectivity index (χ1n) is 8.87. The van der Waals surface area contributed by atoms with Crippen molar-refractivity contribution in [2.75, 3.05) is 0 Å². The van der Waals surface area contributed by atoms with Gasteiger partial charge < -0.3 is 0 Å². The second-order valence-corrected chi connectivity index (χ2v) is 11.5. The molecule has 0 aromatic rings. The molecule has 2 rings (SSSR count). The minimum atomic E-state index is -0.750. The third-order valence-corrected chi connectivity index (χ3v) is 10.3. The number of rotatable bonds is 9. The summed E-state index contributed by atoms with van der Waals surface area (Å²) in [6, 6.07) is 0. The maximum atomic E-state index is 2.57. The summed E-state index contributed by atoms with van der Waals surface area (Å²) in [5.74, 6) is 0. The average molecular weight is 449 g/mol. The van der Waals surface area contributed by atoms with Crippen LogP contribution in [0, 0.1) is 0 Å². The minimum absolute atomic E-state index is 0.750. The molecule has 0 radical (unpaired) electrons. The molecule has 1 heteroatoms. The Morgan fingerprint density at radius 2 is 1.71 bits per heavy atom. The van der Waals surface area contributed by atoms with Crippen molar-refractivity contribution in [3.63, 3.8) is 0 Å². The Kier molecular flexibility index (Phi) is 7.43. The van der Waals surface area contributed by atoms with Crippen LogP contribution in [0.15, 0.2) is 41.6 Å². The van der Waals surface area contributed by atoms with Gasteiger partial charge in [-0.25, -0.2) is 0 Å². The van der Waals surface area contributed by atoms with E-state index in [0.29, 0.717) is 0 Å². The van der Waals surface area contributed by atoms with E-state index in [9.17, 15) is 0 Å². The first-order chi connectivity index (χ1) is 10.3. The van der Waals surface area contributed by atoms with Gasteiger partial charge in [-0.05, 0) is 0 Å². The fourth-order valence-electron chi connectivity index (χ4n) is 3.34. The van der Waals surface area contributed by atoms with E-state index >= 15 is 0 Å². The van der Waals surface area contributed by atoms with E-state index in [-0.39, 0.29) is 0 Å². The van der Waals surface area contributed by atoms with Crippen LogP contribution in [0.25, 0.3) is 0 Å². The molecule has 0 aliphatic heterocycles. The van der Waals surface area contributed by atoms with Crippen molar-refractivity contribution in [2.24, 2.45) is 0 Å². The van der Waals surface area contributed by atoms with E-state index in [0.717, 1.165) is 0 Å². The van der Waals surface area contributed by atoms with Crippen molar-refractivity contribution in [2.45, 2.75) is 78.6 Å². The molecule has 0 fully saturated rings. The van der Waals surface area contributed by atoms with Crippen LogP contribution in [0.1, 0.15) is 78.6 Å².